The van der Waals surface area contributed by atoms with Crippen molar-refractivity contribution in [1.82, 2.24) is 14.7 Å². The van der Waals surface area contributed by atoms with Gasteiger partial charge in [-0.2, -0.15) is 0 Å². The summed E-state index contributed by atoms with van der Waals surface area (Å²) in [6.45, 7) is 9.58. The van der Waals surface area contributed by atoms with E-state index in [1.807, 2.05) is 40.1 Å². The number of piperazine rings is 1. The number of fused-ring (bicyclic) bond motifs is 1. The lowest BCUT2D eigenvalue weighted by molar-refractivity contribution is -0.134. The van der Waals surface area contributed by atoms with Crippen molar-refractivity contribution in [1.29, 1.82) is 0 Å². The Morgan fingerprint density at radius 3 is 2.32 bits per heavy atom. The molecule has 1 fully saturated rings. The molecule has 1 aromatic heterocycles. The van der Waals surface area contributed by atoms with Crippen LogP contribution in [-0.4, -0.2) is 65.8 Å². The Hall–Kier alpha value is -3.03. The van der Waals surface area contributed by atoms with Gasteiger partial charge in [-0.05, 0) is 64.2 Å². The van der Waals surface area contributed by atoms with E-state index < -0.39 is 0 Å². The van der Waals surface area contributed by atoms with Gasteiger partial charge in [-0.1, -0.05) is 45.0 Å². The zero-order valence-corrected chi connectivity index (χ0v) is 22.6. The molecule has 2 aliphatic rings. The number of carbonyl (C=O) groups excluding carboxylic acids is 2. The average Bonchev–Trinajstić information content (AvgIpc) is 3.36. The van der Waals surface area contributed by atoms with Gasteiger partial charge in [0.15, 0.2) is 0 Å². The van der Waals surface area contributed by atoms with Gasteiger partial charge in [0.2, 0.25) is 5.91 Å². The smallest absolute Gasteiger partial charge is 0.253 e. The molecule has 0 bridgehead atoms. The first kappa shape index (κ1) is 25.6. The van der Waals surface area contributed by atoms with Crippen LogP contribution in [0.25, 0.3) is 0 Å². The third-order valence-electron chi connectivity index (χ3n) is 7.49. The minimum Gasteiger partial charge on any atom is -0.338 e. The largest absolute Gasteiger partial charge is 0.338 e. The lowest BCUT2D eigenvalue weighted by Crippen LogP contribution is -2.53. The predicted octanol–water partition coefficient (Wildman–Crippen LogP) is 5.12. The summed E-state index contributed by atoms with van der Waals surface area (Å²) in [5.74, 6) is -0.193. The Morgan fingerprint density at radius 2 is 1.65 bits per heavy atom. The van der Waals surface area contributed by atoms with Crippen LogP contribution in [0.5, 0.6) is 0 Å². The number of thiophene rings is 1. The van der Waals surface area contributed by atoms with Crippen LogP contribution in [0, 0.1) is 5.82 Å². The van der Waals surface area contributed by atoms with Crippen LogP contribution >= 0.6 is 11.3 Å². The van der Waals surface area contributed by atoms with Crippen molar-refractivity contribution in [3.63, 3.8) is 0 Å². The fraction of sp³-hybridized carbons (Fsp3) is 0.400. The highest BCUT2D eigenvalue weighted by atomic mass is 32.1. The van der Waals surface area contributed by atoms with Gasteiger partial charge in [0.25, 0.3) is 5.91 Å². The average molecular weight is 520 g/mol. The van der Waals surface area contributed by atoms with E-state index in [1.165, 1.54) is 22.1 Å². The molecule has 3 heterocycles. The summed E-state index contributed by atoms with van der Waals surface area (Å²) >= 11 is 1.73. The first-order valence-corrected chi connectivity index (χ1v) is 13.8. The molecule has 2 amide bonds. The maximum atomic E-state index is 14.1. The van der Waals surface area contributed by atoms with Crippen molar-refractivity contribution in [2.24, 2.45) is 0 Å². The summed E-state index contributed by atoms with van der Waals surface area (Å²) < 4.78 is 14.1. The molecular weight excluding hydrogens is 485 g/mol. The molecule has 0 saturated carbocycles. The number of carbonyl (C=O) groups is 2. The molecular formula is C30H34FN3O2S. The van der Waals surface area contributed by atoms with E-state index in [9.17, 15) is 14.0 Å². The van der Waals surface area contributed by atoms with E-state index in [-0.39, 0.29) is 35.6 Å². The zero-order chi connectivity index (χ0) is 26.2. The Balaban J connectivity index is 1.22. The van der Waals surface area contributed by atoms with E-state index in [0.29, 0.717) is 31.7 Å². The standard InChI is InChI=1S/C30H34FN3O2S/c1-30(2,3)23-9-7-21(8-10-23)29(36)33-16-14-32(15-17-33)27(35)20-34-13-11-26-25(12-18-37-26)28(34)22-5-4-6-24(31)19-22/h4-10,12,18-19,28H,11,13-17,20H2,1-3H3/t28-/m0/s1. The summed E-state index contributed by atoms with van der Waals surface area (Å²) in [7, 11) is 0. The Kier molecular flexibility index (Phi) is 7.19. The third-order valence-corrected chi connectivity index (χ3v) is 8.48. The van der Waals surface area contributed by atoms with Crippen LogP contribution in [-0.2, 0) is 16.6 Å². The summed E-state index contributed by atoms with van der Waals surface area (Å²) in [5, 5.41) is 2.08. The number of nitrogens with zero attached hydrogens (tertiary/aromatic N) is 3. The number of halogens is 1. The van der Waals surface area contributed by atoms with E-state index in [2.05, 4.69) is 37.1 Å². The van der Waals surface area contributed by atoms with Gasteiger partial charge in [0.05, 0.1) is 12.6 Å². The summed E-state index contributed by atoms with van der Waals surface area (Å²) in [4.78, 5) is 33.6. The molecule has 5 nitrogen and oxygen atoms in total. The van der Waals surface area contributed by atoms with Crippen molar-refractivity contribution in [2.45, 2.75) is 38.6 Å². The number of rotatable bonds is 4. The zero-order valence-electron chi connectivity index (χ0n) is 21.7. The second kappa shape index (κ2) is 10.4. The Bertz CT molecular complexity index is 1270. The van der Waals surface area contributed by atoms with Crippen molar-refractivity contribution in [3.8, 4) is 0 Å². The summed E-state index contributed by atoms with van der Waals surface area (Å²) in [6, 6.07) is 16.5. The van der Waals surface area contributed by atoms with Crippen molar-refractivity contribution in [2.75, 3.05) is 39.3 Å². The van der Waals surface area contributed by atoms with Crippen LogP contribution in [0.4, 0.5) is 4.39 Å². The van der Waals surface area contributed by atoms with Gasteiger partial charge in [-0.15, -0.1) is 11.3 Å². The molecule has 1 saturated heterocycles. The second-order valence-electron chi connectivity index (χ2n) is 11.0. The highest BCUT2D eigenvalue weighted by molar-refractivity contribution is 7.10. The monoisotopic (exact) mass is 519 g/mol. The molecule has 0 aliphatic carbocycles. The topological polar surface area (TPSA) is 43.9 Å². The Morgan fingerprint density at radius 1 is 0.946 bits per heavy atom. The van der Waals surface area contributed by atoms with Crippen LogP contribution in [0.1, 0.15) is 58.7 Å². The number of hydrogen-bond acceptors (Lipinski definition) is 4. The van der Waals surface area contributed by atoms with Gasteiger partial charge in [0, 0.05) is 43.2 Å². The molecule has 0 N–H and O–H groups in total. The molecule has 5 rings (SSSR count). The van der Waals surface area contributed by atoms with Crippen molar-refractivity contribution < 1.29 is 14.0 Å². The van der Waals surface area contributed by atoms with Crippen LogP contribution in [0.15, 0.2) is 60.0 Å². The predicted molar refractivity (Wildman–Crippen MR) is 145 cm³/mol. The lowest BCUT2D eigenvalue weighted by Gasteiger charge is -2.39. The van der Waals surface area contributed by atoms with E-state index in [0.717, 1.165) is 18.5 Å². The van der Waals surface area contributed by atoms with Crippen molar-refractivity contribution >= 4 is 23.2 Å². The summed E-state index contributed by atoms with van der Waals surface area (Å²) in [6.07, 6.45) is 0.891. The molecule has 0 radical (unpaired) electrons. The molecule has 2 aliphatic heterocycles. The molecule has 2 aromatic carbocycles. The molecule has 37 heavy (non-hydrogen) atoms. The minimum absolute atomic E-state index is 0.0137. The van der Waals surface area contributed by atoms with Gasteiger partial charge in [0.1, 0.15) is 5.82 Å². The van der Waals surface area contributed by atoms with Gasteiger partial charge in [-0.3, -0.25) is 14.5 Å². The number of amides is 2. The first-order valence-electron chi connectivity index (χ1n) is 12.9. The van der Waals surface area contributed by atoms with Gasteiger partial charge in [-0.25, -0.2) is 4.39 Å². The fourth-order valence-corrected chi connectivity index (χ4v) is 6.24. The maximum absolute atomic E-state index is 14.1. The second-order valence-corrected chi connectivity index (χ2v) is 12.0. The number of hydrogen-bond donors (Lipinski definition) is 0. The van der Waals surface area contributed by atoms with E-state index >= 15 is 0 Å². The quantitative estimate of drug-likeness (QED) is 0.481. The van der Waals surface area contributed by atoms with E-state index in [4.69, 9.17) is 0 Å². The van der Waals surface area contributed by atoms with Crippen LogP contribution < -0.4 is 0 Å². The molecule has 0 spiro atoms. The molecule has 194 valence electrons. The van der Waals surface area contributed by atoms with Gasteiger partial charge < -0.3 is 9.80 Å². The van der Waals surface area contributed by atoms with Crippen LogP contribution in [0.2, 0.25) is 0 Å². The SMILES string of the molecule is CC(C)(C)c1ccc(C(=O)N2CCN(C(=O)CN3CCc4sccc4[C@@H]3c3cccc(F)c3)CC2)cc1. The normalized spacial score (nSPS) is 18.5. The first-order chi connectivity index (χ1) is 17.7. The molecule has 0 unspecified atom stereocenters. The third kappa shape index (κ3) is 5.48. The minimum atomic E-state index is -0.264. The fourth-order valence-electron chi connectivity index (χ4n) is 5.33. The molecule has 1 atom stereocenters. The highest BCUT2D eigenvalue weighted by Crippen LogP contribution is 2.37. The van der Waals surface area contributed by atoms with E-state index in [1.54, 1.807) is 23.5 Å². The van der Waals surface area contributed by atoms with Crippen LogP contribution in [0.3, 0.4) is 0 Å². The lowest BCUT2D eigenvalue weighted by atomic mass is 9.86. The highest BCUT2D eigenvalue weighted by Gasteiger charge is 2.33. The maximum Gasteiger partial charge on any atom is 0.253 e. The molecule has 7 heteroatoms. The van der Waals surface area contributed by atoms with Crippen molar-refractivity contribution in [3.05, 3.63) is 92.9 Å². The Labute approximate surface area is 222 Å². The van der Waals surface area contributed by atoms with Gasteiger partial charge >= 0.3 is 0 Å². The number of benzene rings is 2. The molecule has 3 aromatic rings. The summed E-state index contributed by atoms with van der Waals surface area (Å²) in [5.41, 5.74) is 3.97.